The molecule has 0 radical (unpaired) electrons. The maximum absolute atomic E-state index is 10.9. The molecule has 1 heterocycles. The van der Waals surface area contributed by atoms with Crippen LogP contribution in [-0.2, 0) is 9.53 Å². The molecule has 2 aromatic rings. The smallest absolute Gasteiger partial charge is 0.330 e. The summed E-state index contributed by atoms with van der Waals surface area (Å²) in [5, 5.41) is 8.29. The first kappa shape index (κ1) is 11.1. The molecule has 1 aromatic heterocycles. The minimum absolute atomic E-state index is 0.417. The van der Waals surface area contributed by atoms with E-state index in [1.807, 2.05) is 30.3 Å². The predicted octanol–water partition coefficient (Wildman–Crippen LogP) is 1.45. The molecule has 0 aliphatic carbocycles. The fraction of sp³-hybridized carbons (Fsp3) is 0.0833. The second-order valence-corrected chi connectivity index (χ2v) is 3.25. The zero-order chi connectivity index (χ0) is 12.1. The van der Waals surface area contributed by atoms with Gasteiger partial charge in [-0.25, -0.2) is 4.79 Å². The van der Waals surface area contributed by atoms with Crippen LogP contribution in [0.3, 0.4) is 0 Å². The summed E-state index contributed by atoms with van der Waals surface area (Å²) in [7, 11) is 1.33. The SMILES string of the molecule is COC(=O)/C=C/c1cnn(-c2ccccc2)n1. The molecule has 17 heavy (non-hydrogen) atoms. The van der Waals surface area contributed by atoms with Crippen molar-refractivity contribution in [1.82, 2.24) is 15.0 Å². The molecule has 5 nitrogen and oxygen atoms in total. The standard InChI is InChI=1S/C12H11N3O2/c1-17-12(16)8-7-10-9-13-15(14-10)11-5-3-2-4-6-11/h2-9H,1H3/b8-7+. The zero-order valence-electron chi connectivity index (χ0n) is 9.28. The summed E-state index contributed by atoms with van der Waals surface area (Å²) in [4.78, 5) is 12.4. The molecule has 0 saturated heterocycles. The van der Waals surface area contributed by atoms with Gasteiger partial charge < -0.3 is 4.74 Å². The second kappa shape index (κ2) is 5.07. The van der Waals surface area contributed by atoms with Crippen molar-refractivity contribution in [3.05, 3.63) is 48.3 Å². The Hall–Kier alpha value is -2.43. The molecule has 0 atom stereocenters. The molecular weight excluding hydrogens is 218 g/mol. The highest BCUT2D eigenvalue weighted by Gasteiger charge is 2.00. The highest BCUT2D eigenvalue weighted by atomic mass is 16.5. The van der Waals surface area contributed by atoms with Gasteiger partial charge in [0.15, 0.2) is 0 Å². The van der Waals surface area contributed by atoms with Crippen molar-refractivity contribution in [3.63, 3.8) is 0 Å². The van der Waals surface area contributed by atoms with Crippen molar-refractivity contribution >= 4 is 12.0 Å². The van der Waals surface area contributed by atoms with Crippen LogP contribution in [0.25, 0.3) is 11.8 Å². The van der Waals surface area contributed by atoms with E-state index in [1.165, 1.54) is 18.0 Å². The number of esters is 1. The molecule has 5 heteroatoms. The Bertz CT molecular complexity index is 532. The lowest BCUT2D eigenvalue weighted by atomic mass is 10.3. The van der Waals surface area contributed by atoms with E-state index in [0.29, 0.717) is 5.69 Å². The van der Waals surface area contributed by atoms with Crippen LogP contribution in [0.4, 0.5) is 0 Å². The molecule has 1 aromatic carbocycles. The summed E-state index contributed by atoms with van der Waals surface area (Å²) >= 11 is 0. The van der Waals surface area contributed by atoms with Crippen LogP contribution in [0.15, 0.2) is 42.6 Å². The Balaban J connectivity index is 2.17. The van der Waals surface area contributed by atoms with Crippen molar-refractivity contribution in [2.45, 2.75) is 0 Å². The van der Waals surface area contributed by atoms with Crippen molar-refractivity contribution in [2.75, 3.05) is 7.11 Å². The Labute approximate surface area is 98.3 Å². The van der Waals surface area contributed by atoms with E-state index >= 15 is 0 Å². The van der Waals surface area contributed by atoms with Crippen LogP contribution in [0, 0.1) is 0 Å². The van der Waals surface area contributed by atoms with E-state index in [9.17, 15) is 4.79 Å². The summed E-state index contributed by atoms with van der Waals surface area (Å²) in [5.41, 5.74) is 1.46. The number of methoxy groups -OCH3 is 1. The Morgan fingerprint density at radius 1 is 1.35 bits per heavy atom. The van der Waals surface area contributed by atoms with Gasteiger partial charge in [0, 0.05) is 6.08 Å². The number of hydrogen-bond acceptors (Lipinski definition) is 4. The third kappa shape index (κ3) is 2.78. The number of carbonyl (C=O) groups excluding carboxylic acids is 1. The van der Waals surface area contributed by atoms with Crippen LogP contribution < -0.4 is 0 Å². The zero-order valence-corrected chi connectivity index (χ0v) is 9.28. The number of hydrogen-bond donors (Lipinski definition) is 0. The van der Waals surface area contributed by atoms with E-state index < -0.39 is 5.97 Å². The van der Waals surface area contributed by atoms with Gasteiger partial charge in [0.2, 0.25) is 0 Å². The first-order chi connectivity index (χ1) is 8.29. The normalized spacial score (nSPS) is 10.6. The van der Waals surface area contributed by atoms with Crippen LogP contribution in [0.5, 0.6) is 0 Å². The number of para-hydroxylation sites is 1. The monoisotopic (exact) mass is 229 g/mol. The maximum atomic E-state index is 10.9. The first-order valence-electron chi connectivity index (χ1n) is 5.03. The third-order valence-corrected chi connectivity index (χ3v) is 2.09. The summed E-state index contributed by atoms with van der Waals surface area (Å²) in [6, 6.07) is 9.53. The number of ether oxygens (including phenoxy) is 1. The summed E-state index contributed by atoms with van der Waals surface area (Å²) in [6.45, 7) is 0. The maximum Gasteiger partial charge on any atom is 0.330 e. The first-order valence-corrected chi connectivity index (χ1v) is 5.03. The topological polar surface area (TPSA) is 57.0 Å². The summed E-state index contributed by atoms with van der Waals surface area (Å²) < 4.78 is 4.48. The Kier molecular flexibility index (Phi) is 3.30. The molecule has 0 saturated carbocycles. The van der Waals surface area contributed by atoms with Gasteiger partial charge in [0.05, 0.1) is 19.0 Å². The summed E-state index contributed by atoms with van der Waals surface area (Å²) in [6.07, 6.45) is 4.43. The fourth-order valence-electron chi connectivity index (χ4n) is 1.26. The average Bonchev–Trinajstić information content (AvgIpc) is 2.86. The van der Waals surface area contributed by atoms with E-state index in [1.54, 1.807) is 12.3 Å². The van der Waals surface area contributed by atoms with E-state index in [4.69, 9.17) is 0 Å². The Morgan fingerprint density at radius 2 is 2.12 bits per heavy atom. The number of benzene rings is 1. The molecule has 0 fully saturated rings. The van der Waals surface area contributed by atoms with Crippen molar-refractivity contribution in [1.29, 1.82) is 0 Å². The van der Waals surface area contributed by atoms with Crippen molar-refractivity contribution in [3.8, 4) is 5.69 Å². The molecule has 0 unspecified atom stereocenters. The molecule has 86 valence electrons. The lowest BCUT2D eigenvalue weighted by Gasteiger charge is -1.96. The minimum atomic E-state index is -0.417. The van der Waals surface area contributed by atoms with Crippen molar-refractivity contribution < 1.29 is 9.53 Å². The van der Waals surface area contributed by atoms with Gasteiger partial charge in [0.1, 0.15) is 5.69 Å². The molecule has 2 rings (SSSR count). The number of nitrogens with zero attached hydrogens (tertiary/aromatic N) is 3. The summed E-state index contributed by atoms with van der Waals surface area (Å²) in [5.74, 6) is -0.417. The van der Waals surface area contributed by atoms with E-state index in [-0.39, 0.29) is 0 Å². The van der Waals surface area contributed by atoms with Crippen molar-refractivity contribution in [2.24, 2.45) is 0 Å². The number of rotatable bonds is 3. The molecule has 0 aliphatic heterocycles. The highest BCUT2D eigenvalue weighted by molar-refractivity contribution is 5.86. The number of aromatic nitrogens is 3. The van der Waals surface area contributed by atoms with Gasteiger partial charge in [-0.2, -0.15) is 9.90 Å². The van der Waals surface area contributed by atoms with Gasteiger partial charge in [0.25, 0.3) is 0 Å². The quantitative estimate of drug-likeness (QED) is 0.590. The molecule has 0 N–H and O–H groups in total. The fourth-order valence-corrected chi connectivity index (χ4v) is 1.26. The highest BCUT2D eigenvalue weighted by Crippen LogP contribution is 2.04. The molecule has 0 amide bonds. The molecule has 0 aliphatic rings. The van der Waals surface area contributed by atoms with E-state index in [0.717, 1.165) is 5.69 Å². The molecule has 0 spiro atoms. The number of carbonyl (C=O) groups is 1. The van der Waals surface area contributed by atoms with Gasteiger partial charge in [-0.05, 0) is 18.2 Å². The van der Waals surface area contributed by atoms with Gasteiger partial charge in [-0.15, -0.1) is 5.10 Å². The lowest BCUT2D eigenvalue weighted by molar-refractivity contribution is -0.134. The van der Waals surface area contributed by atoms with Crippen LogP contribution in [0.2, 0.25) is 0 Å². The van der Waals surface area contributed by atoms with Crippen LogP contribution in [-0.4, -0.2) is 28.1 Å². The predicted molar refractivity (Wildman–Crippen MR) is 62.4 cm³/mol. The largest absolute Gasteiger partial charge is 0.466 e. The Morgan fingerprint density at radius 3 is 2.82 bits per heavy atom. The van der Waals surface area contributed by atoms with Gasteiger partial charge >= 0.3 is 5.97 Å². The van der Waals surface area contributed by atoms with Crippen LogP contribution >= 0.6 is 0 Å². The lowest BCUT2D eigenvalue weighted by Crippen LogP contribution is -1.98. The average molecular weight is 229 g/mol. The van der Waals surface area contributed by atoms with Gasteiger partial charge in [-0.1, -0.05) is 18.2 Å². The molecule has 0 bridgehead atoms. The molecular formula is C12H11N3O2. The minimum Gasteiger partial charge on any atom is -0.466 e. The van der Waals surface area contributed by atoms with E-state index in [2.05, 4.69) is 14.9 Å². The van der Waals surface area contributed by atoms with Gasteiger partial charge in [-0.3, -0.25) is 0 Å². The van der Waals surface area contributed by atoms with Crippen LogP contribution in [0.1, 0.15) is 5.69 Å². The third-order valence-electron chi connectivity index (χ3n) is 2.09. The second-order valence-electron chi connectivity index (χ2n) is 3.25.